The molecule has 1 aromatic carbocycles. The molecule has 2 heterocycles. The van der Waals surface area contributed by atoms with Crippen LogP contribution >= 0.6 is 0 Å². The highest BCUT2D eigenvalue weighted by atomic mass is 16.5. The topological polar surface area (TPSA) is 74.3 Å². The summed E-state index contributed by atoms with van der Waals surface area (Å²) in [5.74, 6) is 0.926. The van der Waals surface area contributed by atoms with E-state index in [0.717, 1.165) is 36.6 Å². The molecular weight excluding hydrogens is 268 g/mol. The summed E-state index contributed by atoms with van der Waals surface area (Å²) in [5, 5.41) is 12.1. The summed E-state index contributed by atoms with van der Waals surface area (Å²) < 4.78 is 5.32. The molecule has 1 aromatic rings. The second-order valence-corrected chi connectivity index (χ2v) is 5.65. The van der Waals surface area contributed by atoms with Crippen LogP contribution in [0, 0.1) is 0 Å². The van der Waals surface area contributed by atoms with Crippen LogP contribution < -0.4 is 15.4 Å². The number of hydrogen-bond acceptors (Lipinski definition) is 5. The zero-order chi connectivity index (χ0) is 14.8. The number of rotatable bonds is 3. The third kappa shape index (κ3) is 2.63. The van der Waals surface area contributed by atoms with Crippen molar-refractivity contribution in [3.05, 3.63) is 23.8 Å². The number of ether oxygens (including phenoxy) is 1. The van der Waals surface area contributed by atoms with E-state index >= 15 is 0 Å². The average molecular weight is 290 g/mol. The van der Waals surface area contributed by atoms with Crippen molar-refractivity contribution in [3.63, 3.8) is 0 Å². The molecule has 114 valence electrons. The third-order valence-corrected chi connectivity index (χ3v) is 4.52. The molecule has 2 fully saturated rings. The fourth-order valence-corrected chi connectivity index (χ4v) is 3.38. The first kappa shape index (κ1) is 14.0. The van der Waals surface area contributed by atoms with Crippen LogP contribution in [0.4, 0.5) is 5.69 Å². The molecule has 1 atom stereocenters. The quantitative estimate of drug-likeness (QED) is 0.377. The number of nitrogens with two attached hydrogens (primary N) is 1. The van der Waals surface area contributed by atoms with E-state index in [0.29, 0.717) is 6.04 Å². The number of benzene rings is 1. The molecule has 0 saturated carbocycles. The van der Waals surface area contributed by atoms with Gasteiger partial charge in [-0.25, -0.2) is 0 Å². The number of anilines is 1. The largest absolute Gasteiger partial charge is 0.497 e. The number of methoxy groups -OCH3 is 1. The van der Waals surface area contributed by atoms with Gasteiger partial charge in [-0.1, -0.05) is 5.16 Å². The first-order chi connectivity index (χ1) is 10.2. The summed E-state index contributed by atoms with van der Waals surface area (Å²) in [6, 6.07) is 6.27. The second kappa shape index (κ2) is 5.81. The maximum Gasteiger partial charge on any atom is 0.172 e. The molecule has 0 radical (unpaired) electrons. The van der Waals surface area contributed by atoms with E-state index in [9.17, 15) is 0 Å². The molecule has 3 N–H and O–H groups in total. The summed E-state index contributed by atoms with van der Waals surface area (Å²) in [5.41, 5.74) is 7.56. The number of oxime groups is 1. The minimum atomic E-state index is 0.140. The highest BCUT2D eigenvalue weighted by Crippen LogP contribution is 2.30. The van der Waals surface area contributed by atoms with Crippen molar-refractivity contribution in [2.45, 2.75) is 18.9 Å². The lowest BCUT2D eigenvalue weighted by molar-refractivity contribution is 0.231. The van der Waals surface area contributed by atoms with Crippen molar-refractivity contribution in [1.29, 1.82) is 0 Å². The molecule has 0 amide bonds. The Balaban J connectivity index is 1.92. The van der Waals surface area contributed by atoms with Crippen molar-refractivity contribution in [2.24, 2.45) is 10.9 Å². The van der Waals surface area contributed by atoms with Crippen LogP contribution in [-0.2, 0) is 0 Å². The molecule has 0 spiro atoms. The van der Waals surface area contributed by atoms with Gasteiger partial charge in [0.25, 0.3) is 0 Å². The number of amidine groups is 1. The fourth-order valence-electron chi connectivity index (χ4n) is 3.38. The van der Waals surface area contributed by atoms with Gasteiger partial charge in [-0.3, -0.25) is 4.90 Å². The van der Waals surface area contributed by atoms with E-state index in [-0.39, 0.29) is 5.84 Å². The van der Waals surface area contributed by atoms with E-state index in [1.54, 1.807) is 7.11 Å². The SMILES string of the molecule is COc1ccc(/C(N)=N/O)c(N2CCN3CCCC3C2)c1. The first-order valence-electron chi connectivity index (χ1n) is 7.38. The van der Waals surface area contributed by atoms with Crippen molar-refractivity contribution in [1.82, 2.24) is 4.90 Å². The van der Waals surface area contributed by atoms with Gasteiger partial charge in [0.2, 0.25) is 0 Å². The maximum absolute atomic E-state index is 8.99. The second-order valence-electron chi connectivity index (χ2n) is 5.65. The zero-order valence-corrected chi connectivity index (χ0v) is 12.3. The molecular formula is C15H22N4O2. The van der Waals surface area contributed by atoms with Crippen molar-refractivity contribution < 1.29 is 9.94 Å². The smallest absolute Gasteiger partial charge is 0.172 e. The summed E-state index contributed by atoms with van der Waals surface area (Å²) in [4.78, 5) is 4.88. The zero-order valence-electron chi connectivity index (χ0n) is 12.3. The Hall–Kier alpha value is -1.95. The molecule has 3 rings (SSSR count). The number of nitrogens with zero attached hydrogens (tertiary/aromatic N) is 3. The van der Waals surface area contributed by atoms with Crippen LogP contribution in [0.15, 0.2) is 23.4 Å². The van der Waals surface area contributed by atoms with Gasteiger partial charge < -0.3 is 20.6 Å². The summed E-state index contributed by atoms with van der Waals surface area (Å²) in [7, 11) is 1.65. The highest BCUT2D eigenvalue weighted by Gasteiger charge is 2.31. The van der Waals surface area contributed by atoms with Gasteiger partial charge in [0, 0.05) is 37.3 Å². The standard InChI is InChI=1S/C15H22N4O2/c1-21-12-4-5-13(15(16)17-20)14(9-12)19-8-7-18-6-2-3-11(18)10-19/h4-5,9,11,20H,2-3,6-8,10H2,1H3,(H2,16,17). The average Bonchev–Trinajstić information content (AvgIpc) is 3.01. The lowest BCUT2D eigenvalue weighted by Gasteiger charge is -2.39. The lowest BCUT2D eigenvalue weighted by atomic mass is 10.1. The minimum absolute atomic E-state index is 0.140. The van der Waals surface area contributed by atoms with E-state index < -0.39 is 0 Å². The van der Waals surface area contributed by atoms with Gasteiger partial charge in [0.05, 0.1) is 12.8 Å². The van der Waals surface area contributed by atoms with Crippen LogP contribution in [0.25, 0.3) is 0 Å². The van der Waals surface area contributed by atoms with Crippen molar-refractivity contribution >= 4 is 11.5 Å². The van der Waals surface area contributed by atoms with E-state index in [2.05, 4.69) is 15.0 Å². The fraction of sp³-hybridized carbons (Fsp3) is 0.533. The van der Waals surface area contributed by atoms with Gasteiger partial charge in [-0.15, -0.1) is 0 Å². The first-order valence-corrected chi connectivity index (χ1v) is 7.38. The van der Waals surface area contributed by atoms with Gasteiger partial charge >= 0.3 is 0 Å². The molecule has 0 aromatic heterocycles. The van der Waals surface area contributed by atoms with Crippen LogP contribution in [-0.4, -0.2) is 55.3 Å². The molecule has 1 unspecified atom stereocenters. The van der Waals surface area contributed by atoms with Crippen LogP contribution in [0.3, 0.4) is 0 Å². The van der Waals surface area contributed by atoms with Crippen molar-refractivity contribution in [3.8, 4) is 5.75 Å². The van der Waals surface area contributed by atoms with Crippen LogP contribution in [0.5, 0.6) is 5.75 Å². The number of fused-ring (bicyclic) bond motifs is 1. The minimum Gasteiger partial charge on any atom is -0.497 e. The molecule has 2 aliphatic heterocycles. The normalized spacial score (nSPS) is 23.2. The Kier molecular flexibility index (Phi) is 3.88. The highest BCUT2D eigenvalue weighted by molar-refractivity contribution is 6.02. The van der Waals surface area contributed by atoms with Gasteiger partial charge in [0.1, 0.15) is 5.75 Å². The lowest BCUT2D eigenvalue weighted by Crippen LogP contribution is -2.50. The predicted octanol–water partition coefficient (Wildman–Crippen LogP) is 1.07. The molecule has 21 heavy (non-hydrogen) atoms. The number of piperazine rings is 1. The molecule has 0 aliphatic carbocycles. The van der Waals surface area contributed by atoms with Crippen LogP contribution in [0.1, 0.15) is 18.4 Å². The Morgan fingerprint density at radius 2 is 2.24 bits per heavy atom. The Morgan fingerprint density at radius 3 is 3.00 bits per heavy atom. The van der Waals surface area contributed by atoms with Crippen molar-refractivity contribution in [2.75, 3.05) is 38.2 Å². The van der Waals surface area contributed by atoms with Gasteiger partial charge in [0.15, 0.2) is 5.84 Å². The molecule has 2 saturated heterocycles. The summed E-state index contributed by atoms with van der Waals surface area (Å²) in [6.07, 6.45) is 2.53. The van der Waals surface area contributed by atoms with E-state index in [4.69, 9.17) is 15.7 Å². The van der Waals surface area contributed by atoms with Gasteiger partial charge in [-0.2, -0.15) is 0 Å². The number of hydrogen-bond donors (Lipinski definition) is 2. The van der Waals surface area contributed by atoms with Gasteiger partial charge in [-0.05, 0) is 31.5 Å². The predicted molar refractivity (Wildman–Crippen MR) is 82.3 cm³/mol. The molecule has 6 heteroatoms. The summed E-state index contributed by atoms with van der Waals surface area (Å²) in [6.45, 7) is 4.22. The van der Waals surface area contributed by atoms with E-state index in [1.807, 2.05) is 18.2 Å². The Labute approximate surface area is 124 Å². The van der Waals surface area contributed by atoms with E-state index in [1.165, 1.54) is 19.4 Å². The monoisotopic (exact) mass is 290 g/mol. The van der Waals surface area contributed by atoms with Crippen LogP contribution in [0.2, 0.25) is 0 Å². The summed E-state index contributed by atoms with van der Waals surface area (Å²) >= 11 is 0. The molecule has 2 aliphatic rings. The maximum atomic E-state index is 8.99. The molecule has 6 nitrogen and oxygen atoms in total. The Morgan fingerprint density at radius 1 is 1.38 bits per heavy atom. The third-order valence-electron chi connectivity index (χ3n) is 4.52. The molecule has 0 bridgehead atoms. The Bertz CT molecular complexity index is 546.